The van der Waals surface area contributed by atoms with Crippen molar-refractivity contribution in [3.63, 3.8) is 0 Å². The zero-order valence-corrected chi connectivity index (χ0v) is 8.23. The lowest BCUT2D eigenvalue weighted by molar-refractivity contribution is 0.0992. The Bertz CT molecular complexity index is 503. The number of amides is 1. The highest BCUT2D eigenvalue weighted by atomic mass is 16.5. The summed E-state index contributed by atoms with van der Waals surface area (Å²) in [4.78, 5) is 10.8. The molecule has 0 atom stereocenters. The highest BCUT2D eigenvalue weighted by molar-refractivity contribution is 5.91. The second-order valence-corrected chi connectivity index (χ2v) is 3.26. The number of carbonyl (C=O) groups is 1. The predicted octanol–water partition coefficient (Wildman–Crippen LogP) is 1.75. The number of nitrogens with two attached hydrogens (primary N) is 1. The number of nitrogens with zero attached hydrogens (tertiary/aromatic N) is 1. The molecule has 1 aromatic carbocycles. The van der Waals surface area contributed by atoms with Crippen LogP contribution in [0.25, 0.3) is 11.3 Å². The van der Waals surface area contributed by atoms with E-state index in [2.05, 4.69) is 5.16 Å². The van der Waals surface area contributed by atoms with Crippen molar-refractivity contribution in [2.75, 3.05) is 0 Å². The summed E-state index contributed by atoms with van der Waals surface area (Å²) < 4.78 is 5.04. The molecule has 0 fully saturated rings. The first-order chi connectivity index (χ1) is 7.18. The van der Waals surface area contributed by atoms with Crippen LogP contribution in [0, 0.1) is 6.92 Å². The molecule has 2 rings (SSSR count). The summed E-state index contributed by atoms with van der Waals surface area (Å²) in [6, 6.07) is 9.24. The molecule has 0 radical (unpaired) electrons. The molecule has 15 heavy (non-hydrogen) atoms. The van der Waals surface area contributed by atoms with Gasteiger partial charge in [0.05, 0.1) is 0 Å². The highest BCUT2D eigenvalue weighted by Crippen LogP contribution is 2.23. The molecule has 2 N–H and O–H groups in total. The molecule has 0 aliphatic carbocycles. The molecule has 76 valence electrons. The van der Waals surface area contributed by atoms with E-state index in [1.54, 1.807) is 6.07 Å². The molecule has 1 aromatic heterocycles. The Hall–Kier alpha value is -2.10. The maximum atomic E-state index is 10.8. The minimum atomic E-state index is -0.585. The standard InChI is InChI=1S/C11H10N2O2/c1-7-4-2-3-5-8(7)10-6-9(11(12)14)13-15-10/h2-6H,1H3,(H2,12,14). The minimum absolute atomic E-state index is 0.147. The van der Waals surface area contributed by atoms with Crippen molar-refractivity contribution in [1.29, 1.82) is 0 Å². The molecule has 1 heterocycles. The van der Waals surface area contributed by atoms with E-state index >= 15 is 0 Å². The lowest BCUT2D eigenvalue weighted by Crippen LogP contribution is -2.10. The maximum absolute atomic E-state index is 10.8. The van der Waals surface area contributed by atoms with E-state index in [1.165, 1.54) is 0 Å². The molecule has 0 saturated carbocycles. The van der Waals surface area contributed by atoms with Crippen molar-refractivity contribution in [2.45, 2.75) is 6.92 Å². The molecular weight excluding hydrogens is 192 g/mol. The van der Waals surface area contributed by atoms with E-state index < -0.39 is 5.91 Å². The molecular formula is C11H10N2O2. The third-order valence-electron chi connectivity index (χ3n) is 2.17. The summed E-state index contributed by atoms with van der Waals surface area (Å²) in [5, 5.41) is 3.58. The fraction of sp³-hybridized carbons (Fsp3) is 0.0909. The molecule has 0 aliphatic heterocycles. The van der Waals surface area contributed by atoms with E-state index in [0.29, 0.717) is 5.76 Å². The van der Waals surface area contributed by atoms with Crippen molar-refractivity contribution in [1.82, 2.24) is 5.16 Å². The average Bonchev–Trinajstić information content (AvgIpc) is 2.67. The van der Waals surface area contributed by atoms with Crippen molar-refractivity contribution >= 4 is 5.91 Å². The summed E-state index contributed by atoms with van der Waals surface area (Å²) >= 11 is 0. The number of hydrogen-bond donors (Lipinski definition) is 1. The monoisotopic (exact) mass is 202 g/mol. The van der Waals surface area contributed by atoms with Gasteiger partial charge in [-0.1, -0.05) is 29.4 Å². The average molecular weight is 202 g/mol. The van der Waals surface area contributed by atoms with E-state index in [1.807, 2.05) is 31.2 Å². The van der Waals surface area contributed by atoms with Crippen molar-refractivity contribution in [3.8, 4) is 11.3 Å². The van der Waals surface area contributed by atoms with Crippen LogP contribution in [0.2, 0.25) is 0 Å². The molecule has 4 heteroatoms. The first-order valence-corrected chi connectivity index (χ1v) is 4.51. The molecule has 0 aliphatic rings. The molecule has 0 bridgehead atoms. The van der Waals surface area contributed by atoms with Gasteiger partial charge in [0.15, 0.2) is 11.5 Å². The summed E-state index contributed by atoms with van der Waals surface area (Å²) in [6.45, 7) is 1.96. The molecule has 0 saturated heterocycles. The number of carbonyl (C=O) groups excluding carboxylic acids is 1. The van der Waals surface area contributed by atoms with Gasteiger partial charge in [-0.3, -0.25) is 4.79 Å². The molecule has 0 spiro atoms. The Morgan fingerprint density at radius 1 is 1.40 bits per heavy atom. The molecule has 2 aromatic rings. The Kier molecular flexibility index (Phi) is 2.25. The van der Waals surface area contributed by atoms with Gasteiger partial charge in [-0.25, -0.2) is 0 Å². The smallest absolute Gasteiger partial charge is 0.270 e. The van der Waals surface area contributed by atoms with Gasteiger partial charge in [-0.2, -0.15) is 0 Å². The van der Waals surface area contributed by atoms with Crippen LogP contribution >= 0.6 is 0 Å². The molecule has 4 nitrogen and oxygen atoms in total. The second-order valence-electron chi connectivity index (χ2n) is 3.26. The SMILES string of the molecule is Cc1ccccc1-c1cc(C(N)=O)no1. The van der Waals surface area contributed by atoms with Gasteiger partial charge in [0.1, 0.15) is 0 Å². The predicted molar refractivity (Wildman–Crippen MR) is 55.2 cm³/mol. The summed E-state index contributed by atoms with van der Waals surface area (Å²) in [5.74, 6) is -0.0273. The number of primary amides is 1. The van der Waals surface area contributed by atoms with Gasteiger partial charge >= 0.3 is 0 Å². The van der Waals surface area contributed by atoms with Gasteiger partial charge in [-0.15, -0.1) is 0 Å². The zero-order valence-electron chi connectivity index (χ0n) is 8.23. The van der Waals surface area contributed by atoms with Crippen LogP contribution in [0.4, 0.5) is 0 Å². The Labute approximate surface area is 86.7 Å². The fourth-order valence-corrected chi connectivity index (χ4v) is 1.37. The maximum Gasteiger partial charge on any atom is 0.270 e. The number of aromatic nitrogens is 1. The second kappa shape index (κ2) is 3.57. The lowest BCUT2D eigenvalue weighted by Gasteiger charge is -1.98. The van der Waals surface area contributed by atoms with E-state index in [0.717, 1.165) is 11.1 Å². The number of benzene rings is 1. The summed E-state index contributed by atoms with van der Waals surface area (Å²) in [5.41, 5.74) is 7.20. The fourth-order valence-electron chi connectivity index (χ4n) is 1.37. The number of aryl methyl sites for hydroxylation is 1. The van der Waals surface area contributed by atoms with Crippen LogP contribution in [0.3, 0.4) is 0 Å². The van der Waals surface area contributed by atoms with E-state index in [9.17, 15) is 4.79 Å². The largest absolute Gasteiger partial charge is 0.364 e. The lowest BCUT2D eigenvalue weighted by atomic mass is 10.1. The summed E-state index contributed by atoms with van der Waals surface area (Å²) in [7, 11) is 0. The van der Waals surface area contributed by atoms with Crippen molar-refractivity contribution < 1.29 is 9.32 Å². The topological polar surface area (TPSA) is 69.1 Å². The van der Waals surface area contributed by atoms with Crippen molar-refractivity contribution in [2.24, 2.45) is 5.73 Å². The third kappa shape index (κ3) is 1.74. The van der Waals surface area contributed by atoms with Crippen LogP contribution in [-0.4, -0.2) is 11.1 Å². The van der Waals surface area contributed by atoms with Crippen LogP contribution in [0.15, 0.2) is 34.9 Å². The van der Waals surface area contributed by atoms with Crippen LogP contribution in [0.1, 0.15) is 16.1 Å². The number of rotatable bonds is 2. The molecule has 1 amide bonds. The zero-order chi connectivity index (χ0) is 10.8. The first-order valence-electron chi connectivity index (χ1n) is 4.51. The summed E-state index contributed by atoms with van der Waals surface area (Å²) in [6.07, 6.45) is 0. The molecule has 0 unspecified atom stereocenters. The van der Waals surface area contributed by atoms with Crippen LogP contribution < -0.4 is 5.73 Å². The van der Waals surface area contributed by atoms with Crippen LogP contribution in [0.5, 0.6) is 0 Å². The Morgan fingerprint density at radius 2 is 2.13 bits per heavy atom. The Balaban J connectivity index is 2.46. The highest BCUT2D eigenvalue weighted by Gasteiger charge is 2.11. The van der Waals surface area contributed by atoms with Crippen LogP contribution in [-0.2, 0) is 0 Å². The van der Waals surface area contributed by atoms with Gasteiger partial charge in [-0.05, 0) is 12.5 Å². The first kappa shape index (κ1) is 9.45. The van der Waals surface area contributed by atoms with Gasteiger partial charge < -0.3 is 10.3 Å². The normalized spacial score (nSPS) is 10.2. The van der Waals surface area contributed by atoms with Gasteiger partial charge in [0.25, 0.3) is 5.91 Å². The van der Waals surface area contributed by atoms with E-state index in [4.69, 9.17) is 10.3 Å². The van der Waals surface area contributed by atoms with Crippen molar-refractivity contribution in [3.05, 3.63) is 41.6 Å². The minimum Gasteiger partial charge on any atom is -0.364 e. The quantitative estimate of drug-likeness (QED) is 0.806. The van der Waals surface area contributed by atoms with Gasteiger partial charge in [0, 0.05) is 11.6 Å². The third-order valence-corrected chi connectivity index (χ3v) is 2.17. The van der Waals surface area contributed by atoms with Gasteiger partial charge in [0.2, 0.25) is 0 Å². The number of hydrogen-bond acceptors (Lipinski definition) is 3. The Morgan fingerprint density at radius 3 is 2.73 bits per heavy atom. The van der Waals surface area contributed by atoms with E-state index in [-0.39, 0.29) is 5.69 Å².